The van der Waals surface area contributed by atoms with Crippen LogP contribution in [0.15, 0.2) is 30.1 Å². The highest BCUT2D eigenvalue weighted by Crippen LogP contribution is 2.37. The smallest absolute Gasteiger partial charge is 0.202 e. The molecular weight excluding hydrogens is 212 g/mol. The van der Waals surface area contributed by atoms with Gasteiger partial charge in [0.15, 0.2) is 0 Å². The summed E-state index contributed by atoms with van der Waals surface area (Å²) in [6.07, 6.45) is 4.67. The lowest BCUT2D eigenvalue weighted by molar-refractivity contribution is 0.140. The van der Waals surface area contributed by atoms with E-state index >= 15 is 0 Å². The van der Waals surface area contributed by atoms with Crippen LogP contribution in [0.5, 0.6) is 0 Å². The Morgan fingerprint density at radius 1 is 1.41 bits per heavy atom. The highest BCUT2D eigenvalue weighted by atomic mass is 16.3. The summed E-state index contributed by atoms with van der Waals surface area (Å²) in [5.41, 5.74) is 5.43. The average Bonchev–Trinajstić information content (AvgIpc) is 2.87. The molecule has 1 aliphatic carbocycles. The Morgan fingerprint density at radius 2 is 2.29 bits per heavy atom. The predicted octanol–water partition coefficient (Wildman–Crippen LogP) is 1.73. The minimum absolute atomic E-state index is 0.593. The van der Waals surface area contributed by atoms with Gasteiger partial charge in [-0.05, 0) is 43.2 Å². The molecule has 2 aliphatic rings. The molecule has 0 aromatic heterocycles. The first-order valence-electron chi connectivity index (χ1n) is 6.21. The van der Waals surface area contributed by atoms with Crippen LogP contribution in [0.1, 0.15) is 35.4 Å². The van der Waals surface area contributed by atoms with E-state index in [1.807, 2.05) is 6.20 Å². The van der Waals surface area contributed by atoms with Gasteiger partial charge in [-0.25, -0.2) is 0 Å². The third-order valence-corrected chi connectivity index (χ3v) is 3.71. The molecule has 0 radical (unpaired) electrons. The largest absolute Gasteiger partial charge is 0.357 e. The standard InChI is InChI=1S/C14H18N2O/c1-9-2-3-10-4-5-11(13(10)6-9)7-12-8-15-14(17)16-12/h2-3,6,8,11,14-17H,4-5,7H2,1H3. The maximum absolute atomic E-state index is 9.34. The van der Waals surface area contributed by atoms with E-state index in [4.69, 9.17) is 0 Å². The van der Waals surface area contributed by atoms with Crippen molar-refractivity contribution in [3.63, 3.8) is 0 Å². The fourth-order valence-electron chi connectivity index (χ4n) is 2.84. The molecular formula is C14H18N2O. The summed E-state index contributed by atoms with van der Waals surface area (Å²) in [6, 6.07) is 6.76. The van der Waals surface area contributed by atoms with E-state index < -0.39 is 6.35 Å². The van der Waals surface area contributed by atoms with E-state index in [0.29, 0.717) is 5.92 Å². The first-order valence-corrected chi connectivity index (χ1v) is 6.21. The maximum atomic E-state index is 9.34. The average molecular weight is 230 g/mol. The first kappa shape index (κ1) is 10.7. The van der Waals surface area contributed by atoms with Crippen molar-refractivity contribution in [3.05, 3.63) is 46.8 Å². The number of aryl methyl sites for hydroxylation is 2. The molecule has 2 atom stereocenters. The van der Waals surface area contributed by atoms with E-state index in [-0.39, 0.29) is 0 Å². The lowest BCUT2D eigenvalue weighted by atomic mass is 9.95. The second-order valence-corrected chi connectivity index (χ2v) is 5.03. The fourth-order valence-corrected chi connectivity index (χ4v) is 2.84. The van der Waals surface area contributed by atoms with Crippen molar-refractivity contribution in [1.29, 1.82) is 0 Å². The van der Waals surface area contributed by atoms with Gasteiger partial charge in [-0.15, -0.1) is 0 Å². The van der Waals surface area contributed by atoms with Crippen LogP contribution in [0.2, 0.25) is 0 Å². The van der Waals surface area contributed by atoms with Gasteiger partial charge < -0.3 is 15.7 Å². The van der Waals surface area contributed by atoms with Crippen molar-refractivity contribution in [3.8, 4) is 0 Å². The lowest BCUT2D eigenvalue weighted by Gasteiger charge is -2.14. The number of aliphatic hydroxyl groups excluding tert-OH is 1. The van der Waals surface area contributed by atoms with Gasteiger partial charge in [0, 0.05) is 11.9 Å². The number of aliphatic hydroxyl groups is 1. The quantitative estimate of drug-likeness (QED) is 0.725. The third-order valence-electron chi connectivity index (χ3n) is 3.71. The van der Waals surface area contributed by atoms with E-state index in [1.165, 1.54) is 29.5 Å². The van der Waals surface area contributed by atoms with Gasteiger partial charge in [0.2, 0.25) is 6.35 Å². The van der Waals surface area contributed by atoms with Gasteiger partial charge in [-0.2, -0.15) is 0 Å². The maximum Gasteiger partial charge on any atom is 0.202 e. The van der Waals surface area contributed by atoms with Crippen LogP contribution >= 0.6 is 0 Å². The van der Waals surface area contributed by atoms with Crippen LogP contribution in [-0.4, -0.2) is 11.5 Å². The molecule has 0 saturated heterocycles. The highest BCUT2D eigenvalue weighted by Gasteiger charge is 2.24. The molecule has 1 aromatic carbocycles. The van der Waals surface area contributed by atoms with Crippen LogP contribution in [0, 0.1) is 6.92 Å². The zero-order chi connectivity index (χ0) is 11.8. The number of fused-ring (bicyclic) bond motifs is 1. The SMILES string of the molecule is Cc1ccc2c(c1)C(CC1=CNC(O)N1)CC2. The van der Waals surface area contributed by atoms with Crippen LogP contribution in [0.4, 0.5) is 0 Å². The van der Waals surface area contributed by atoms with Gasteiger partial charge in [0.25, 0.3) is 0 Å². The molecule has 0 spiro atoms. The van der Waals surface area contributed by atoms with Gasteiger partial charge in [-0.3, -0.25) is 0 Å². The molecule has 17 heavy (non-hydrogen) atoms. The van der Waals surface area contributed by atoms with E-state index in [2.05, 4.69) is 35.8 Å². The molecule has 90 valence electrons. The van der Waals surface area contributed by atoms with Gasteiger partial charge in [0.05, 0.1) is 0 Å². The normalized spacial score (nSPS) is 26.1. The number of allylic oxidation sites excluding steroid dienone is 1. The molecule has 1 aliphatic heterocycles. The summed E-state index contributed by atoms with van der Waals surface area (Å²) in [6.45, 7) is 2.15. The van der Waals surface area contributed by atoms with Gasteiger partial charge >= 0.3 is 0 Å². The topological polar surface area (TPSA) is 44.3 Å². The van der Waals surface area contributed by atoms with E-state index in [9.17, 15) is 5.11 Å². The molecule has 0 amide bonds. The van der Waals surface area contributed by atoms with Crippen LogP contribution in [0.3, 0.4) is 0 Å². The minimum Gasteiger partial charge on any atom is -0.357 e. The van der Waals surface area contributed by atoms with Crippen LogP contribution in [-0.2, 0) is 6.42 Å². The zero-order valence-corrected chi connectivity index (χ0v) is 10.0. The molecule has 1 heterocycles. The molecule has 3 heteroatoms. The van der Waals surface area contributed by atoms with E-state index in [1.54, 1.807) is 0 Å². The van der Waals surface area contributed by atoms with Crippen molar-refractivity contribution in [2.24, 2.45) is 0 Å². The highest BCUT2D eigenvalue weighted by molar-refractivity contribution is 5.38. The Morgan fingerprint density at radius 3 is 3.06 bits per heavy atom. The predicted molar refractivity (Wildman–Crippen MR) is 67.2 cm³/mol. The second kappa shape index (κ2) is 4.08. The minimum atomic E-state index is -0.608. The van der Waals surface area contributed by atoms with E-state index in [0.717, 1.165) is 12.1 Å². The summed E-state index contributed by atoms with van der Waals surface area (Å²) in [5.74, 6) is 0.593. The summed E-state index contributed by atoms with van der Waals surface area (Å²) in [4.78, 5) is 0. The number of hydrogen-bond donors (Lipinski definition) is 3. The number of rotatable bonds is 2. The van der Waals surface area contributed by atoms with Crippen LogP contribution in [0.25, 0.3) is 0 Å². The van der Waals surface area contributed by atoms with Crippen molar-refractivity contribution >= 4 is 0 Å². The summed E-state index contributed by atoms with van der Waals surface area (Å²) < 4.78 is 0. The molecule has 0 bridgehead atoms. The van der Waals surface area contributed by atoms with Crippen molar-refractivity contribution in [1.82, 2.24) is 10.6 Å². The van der Waals surface area contributed by atoms with Crippen molar-refractivity contribution in [2.45, 2.75) is 38.5 Å². The zero-order valence-electron chi connectivity index (χ0n) is 10.0. The second-order valence-electron chi connectivity index (χ2n) is 5.03. The lowest BCUT2D eigenvalue weighted by Crippen LogP contribution is -2.31. The molecule has 2 unspecified atom stereocenters. The number of benzene rings is 1. The molecule has 3 N–H and O–H groups in total. The Bertz CT molecular complexity index is 467. The number of nitrogens with one attached hydrogen (secondary N) is 2. The van der Waals surface area contributed by atoms with Gasteiger partial charge in [0.1, 0.15) is 0 Å². The number of hydrogen-bond acceptors (Lipinski definition) is 3. The Balaban J connectivity index is 1.77. The summed E-state index contributed by atoms with van der Waals surface area (Å²) in [5, 5.41) is 15.2. The first-order chi connectivity index (χ1) is 8.22. The molecule has 3 nitrogen and oxygen atoms in total. The fraction of sp³-hybridized carbons (Fsp3) is 0.429. The van der Waals surface area contributed by atoms with Crippen molar-refractivity contribution < 1.29 is 5.11 Å². The van der Waals surface area contributed by atoms with Crippen LogP contribution < -0.4 is 10.6 Å². The Labute approximate surface area is 102 Å². The summed E-state index contributed by atoms with van der Waals surface area (Å²) >= 11 is 0. The van der Waals surface area contributed by atoms with Gasteiger partial charge in [-0.1, -0.05) is 23.8 Å². The Kier molecular flexibility index (Phi) is 2.56. The third kappa shape index (κ3) is 2.03. The molecule has 1 aromatic rings. The van der Waals surface area contributed by atoms with Crippen molar-refractivity contribution in [2.75, 3.05) is 0 Å². The Hall–Kier alpha value is -1.48. The monoisotopic (exact) mass is 230 g/mol. The summed E-state index contributed by atoms with van der Waals surface area (Å²) in [7, 11) is 0. The molecule has 0 saturated carbocycles. The molecule has 3 rings (SSSR count). The molecule has 0 fully saturated rings.